The lowest BCUT2D eigenvalue weighted by Crippen LogP contribution is -2.25. The molecule has 0 saturated carbocycles. The van der Waals surface area contributed by atoms with Gasteiger partial charge >= 0.3 is 11.9 Å². The fourth-order valence-corrected chi connectivity index (χ4v) is 2.52. The average molecular weight is 363 g/mol. The minimum Gasteiger partial charge on any atom is -0.462 e. The topological polar surface area (TPSA) is 52.6 Å². The van der Waals surface area contributed by atoms with E-state index in [-0.39, 0.29) is 34.0 Å². The van der Waals surface area contributed by atoms with E-state index >= 15 is 0 Å². The minimum atomic E-state index is -0.489. The summed E-state index contributed by atoms with van der Waals surface area (Å²) in [6.07, 6.45) is 0.515. The summed E-state index contributed by atoms with van der Waals surface area (Å²) in [6, 6.07) is 6.66. The molecule has 2 unspecified atom stereocenters. The minimum absolute atomic E-state index is 0.0428. The molecular weight excluding hydrogens is 328 g/mol. The molecule has 1 aromatic carbocycles. The van der Waals surface area contributed by atoms with Gasteiger partial charge in [-0.15, -0.1) is 0 Å². The molecule has 26 heavy (non-hydrogen) atoms. The van der Waals surface area contributed by atoms with E-state index < -0.39 is 11.9 Å². The van der Waals surface area contributed by atoms with Crippen LogP contribution in [0, 0.1) is 16.7 Å². The first-order chi connectivity index (χ1) is 11.8. The summed E-state index contributed by atoms with van der Waals surface area (Å²) in [5.41, 5.74) is 0.603. The van der Waals surface area contributed by atoms with E-state index in [1.54, 1.807) is 24.3 Å². The van der Waals surface area contributed by atoms with Gasteiger partial charge in [-0.3, -0.25) is 0 Å². The maximum Gasteiger partial charge on any atom is 0.339 e. The van der Waals surface area contributed by atoms with Crippen LogP contribution >= 0.6 is 0 Å². The number of hydrogen-bond acceptors (Lipinski definition) is 4. The predicted molar refractivity (Wildman–Crippen MR) is 104 cm³/mol. The van der Waals surface area contributed by atoms with Gasteiger partial charge in [0.25, 0.3) is 0 Å². The molecular formula is C22H34O4. The quantitative estimate of drug-likeness (QED) is 0.626. The summed E-state index contributed by atoms with van der Waals surface area (Å²) < 4.78 is 11.0. The summed E-state index contributed by atoms with van der Waals surface area (Å²) in [5, 5.41) is 0. The molecule has 0 aliphatic carbocycles. The number of carbonyl (C=O) groups is 2. The largest absolute Gasteiger partial charge is 0.462 e. The number of carbonyl (C=O) groups excluding carboxylic acids is 2. The van der Waals surface area contributed by atoms with Gasteiger partial charge in [0.15, 0.2) is 0 Å². The van der Waals surface area contributed by atoms with Crippen LogP contribution in [0.2, 0.25) is 0 Å². The second-order valence-corrected chi connectivity index (χ2v) is 9.39. The number of hydrogen-bond donors (Lipinski definition) is 0. The zero-order valence-corrected chi connectivity index (χ0v) is 17.5. The van der Waals surface area contributed by atoms with E-state index in [1.807, 2.05) is 13.8 Å². The van der Waals surface area contributed by atoms with Crippen LogP contribution in [-0.2, 0) is 9.47 Å². The summed E-state index contributed by atoms with van der Waals surface area (Å²) >= 11 is 0. The van der Waals surface area contributed by atoms with Gasteiger partial charge in [-0.2, -0.15) is 0 Å². The fraction of sp³-hybridized carbons (Fsp3) is 0.636. The van der Waals surface area contributed by atoms with Crippen molar-refractivity contribution in [2.75, 3.05) is 6.61 Å². The van der Waals surface area contributed by atoms with Crippen molar-refractivity contribution >= 4 is 11.9 Å². The Morgan fingerprint density at radius 2 is 1.42 bits per heavy atom. The first-order valence-electron chi connectivity index (χ1n) is 9.28. The molecule has 0 aliphatic heterocycles. The van der Waals surface area contributed by atoms with Crippen LogP contribution in [0.25, 0.3) is 0 Å². The van der Waals surface area contributed by atoms with Gasteiger partial charge < -0.3 is 9.47 Å². The van der Waals surface area contributed by atoms with Crippen molar-refractivity contribution in [3.05, 3.63) is 35.4 Å². The van der Waals surface area contributed by atoms with Crippen LogP contribution in [0.1, 0.15) is 82.5 Å². The standard InChI is InChI=1S/C22H34O4/c1-15(22(6,7)8)14-25-19(23)17-11-9-10-12-18(17)20(24)26-16(2)13-21(3,4)5/h9-12,15-16H,13-14H2,1-8H3. The van der Waals surface area contributed by atoms with Gasteiger partial charge in [-0.1, -0.05) is 60.6 Å². The molecule has 2 atom stereocenters. The molecule has 0 bridgehead atoms. The molecule has 0 saturated heterocycles. The Labute approximate surface area is 158 Å². The van der Waals surface area contributed by atoms with Crippen molar-refractivity contribution in [2.24, 2.45) is 16.7 Å². The second-order valence-electron chi connectivity index (χ2n) is 9.39. The van der Waals surface area contributed by atoms with Gasteiger partial charge in [0.05, 0.1) is 23.8 Å². The molecule has 1 aromatic rings. The highest BCUT2D eigenvalue weighted by atomic mass is 16.5. The molecule has 146 valence electrons. The van der Waals surface area contributed by atoms with Crippen molar-refractivity contribution in [1.29, 1.82) is 0 Å². The highest BCUT2D eigenvalue weighted by molar-refractivity contribution is 6.03. The third-order valence-electron chi connectivity index (χ3n) is 4.52. The van der Waals surface area contributed by atoms with Crippen LogP contribution in [0.15, 0.2) is 24.3 Å². The van der Waals surface area contributed by atoms with E-state index in [0.29, 0.717) is 6.61 Å². The second kappa shape index (κ2) is 8.70. The zero-order valence-electron chi connectivity index (χ0n) is 17.5. The number of benzene rings is 1. The van der Waals surface area contributed by atoms with Gasteiger partial charge in [0.1, 0.15) is 0 Å². The SMILES string of the molecule is CC(CC(C)(C)C)OC(=O)c1ccccc1C(=O)OCC(C)C(C)(C)C. The monoisotopic (exact) mass is 362 g/mol. The Morgan fingerprint density at radius 3 is 1.88 bits per heavy atom. The molecule has 1 rings (SSSR count). The molecule has 0 fully saturated rings. The Balaban J connectivity index is 2.83. The molecule has 4 nitrogen and oxygen atoms in total. The molecule has 0 aromatic heterocycles. The van der Waals surface area contributed by atoms with E-state index in [0.717, 1.165) is 6.42 Å². The lowest BCUT2D eigenvalue weighted by atomic mass is 9.83. The Kier molecular flexibility index (Phi) is 7.43. The third-order valence-corrected chi connectivity index (χ3v) is 4.52. The number of esters is 2. The fourth-order valence-electron chi connectivity index (χ4n) is 2.52. The summed E-state index contributed by atoms with van der Waals surface area (Å²) in [6.45, 7) is 16.8. The zero-order chi connectivity index (χ0) is 20.1. The summed E-state index contributed by atoms with van der Waals surface area (Å²) in [7, 11) is 0. The molecule has 0 radical (unpaired) electrons. The number of rotatable bonds is 6. The first kappa shape index (κ1) is 22.2. The normalized spacial score (nSPS) is 14.5. The van der Waals surface area contributed by atoms with Crippen LogP contribution in [0.5, 0.6) is 0 Å². The molecule has 0 heterocycles. The smallest absolute Gasteiger partial charge is 0.339 e. The summed E-state index contributed by atoms with van der Waals surface area (Å²) in [5.74, 6) is -0.771. The van der Waals surface area contributed by atoms with Crippen LogP contribution in [0.4, 0.5) is 0 Å². The highest BCUT2D eigenvalue weighted by Crippen LogP contribution is 2.26. The number of ether oxygens (including phenoxy) is 2. The van der Waals surface area contributed by atoms with Crippen molar-refractivity contribution in [3.8, 4) is 0 Å². The van der Waals surface area contributed by atoms with Gasteiger partial charge in [0, 0.05) is 0 Å². The van der Waals surface area contributed by atoms with Crippen molar-refractivity contribution < 1.29 is 19.1 Å². The van der Waals surface area contributed by atoms with E-state index in [4.69, 9.17) is 9.47 Å². The van der Waals surface area contributed by atoms with Gasteiger partial charge in [-0.05, 0) is 42.2 Å². The van der Waals surface area contributed by atoms with E-state index in [9.17, 15) is 9.59 Å². The van der Waals surface area contributed by atoms with Crippen molar-refractivity contribution in [3.63, 3.8) is 0 Å². The maximum atomic E-state index is 12.5. The molecule has 0 N–H and O–H groups in total. The average Bonchev–Trinajstić information content (AvgIpc) is 2.49. The Hall–Kier alpha value is -1.84. The van der Waals surface area contributed by atoms with Crippen LogP contribution < -0.4 is 0 Å². The van der Waals surface area contributed by atoms with Crippen molar-refractivity contribution in [1.82, 2.24) is 0 Å². The molecule has 0 amide bonds. The van der Waals surface area contributed by atoms with Crippen LogP contribution in [-0.4, -0.2) is 24.6 Å². The first-order valence-corrected chi connectivity index (χ1v) is 9.28. The van der Waals surface area contributed by atoms with Crippen LogP contribution in [0.3, 0.4) is 0 Å². The Bertz CT molecular complexity index is 620. The molecule has 0 aliphatic rings. The van der Waals surface area contributed by atoms with Gasteiger partial charge in [-0.25, -0.2) is 9.59 Å². The van der Waals surface area contributed by atoms with E-state index in [2.05, 4.69) is 41.5 Å². The lowest BCUT2D eigenvalue weighted by Gasteiger charge is -2.26. The van der Waals surface area contributed by atoms with Crippen molar-refractivity contribution in [2.45, 2.75) is 67.9 Å². The predicted octanol–water partition coefficient (Wildman–Crippen LogP) is 5.51. The molecule has 4 heteroatoms. The van der Waals surface area contributed by atoms with Gasteiger partial charge in [0.2, 0.25) is 0 Å². The van der Waals surface area contributed by atoms with E-state index in [1.165, 1.54) is 0 Å². The maximum absolute atomic E-state index is 12.5. The Morgan fingerprint density at radius 1 is 0.923 bits per heavy atom. The summed E-state index contributed by atoms with van der Waals surface area (Å²) in [4.78, 5) is 25.0. The highest BCUT2D eigenvalue weighted by Gasteiger charge is 2.25. The molecule has 0 spiro atoms. The lowest BCUT2D eigenvalue weighted by molar-refractivity contribution is 0.0235. The third kappa shape index (κ3) is 7.19.